The maximum atomic E-state index is 13.0. The molecule has 0 aliphatic rings. The normalized spacial score (nSPS) is 10.5. The molecule has 1 heterocycles. The number of ether oxygens (including phenoxy) is 1. The number of benzene rings is 3. The van der Waals surface area contributed by atoms with Gasteiger partial charge in [-0.1, -0.05) is 60.7 Å². The first-order valence-electron chi connectivity index (χ1n) is 8.96. The van der Waals surface area contributed by atoms with Crippen LogP contribution in [0.2, 0.25) is 0 Å². The lowest BCUT2D eigenvalue weighted by molar-refractivity contribution is 0.241. The van der Waals surface area contributed by atoms with Crippen molar-refractivity contribution in [1.29, 1.82) is 0 Å². The highest BCUT2D eigenvalue weighted by Crippen LogP contribution is 2.26. The first kappa shape index (κ1) is 19.3. The van der Waals surface area contributed by atoms with Gasteiger partial charge in [0, 0.05) is 16.7 Å². The zero-order valence-electron chi connectivity index (χ0n) is 15.5. The Morgan fingerprint density at radius 3 is 1.33 bits per heavy atom. The van der Waals surface area contributed by atoms with Gasteiger partial charge >= 0.3 is 12.1 Å². The van der Waals surface area contributed by atoms with E-state index in [1.165, 1.54) is 12.1 Å². The molecule has 0 bridgehead atoms. The highest BCUT2D eigenvalue weighted by atomic mass is 19.3. The molecular formula is C23H14F3N3O. The van der Waals surface area contributed by atoms with Gasteiger partial charge in [-0.3, -0.25) is 0 Å². The first-order chi connectivity index (χ1) is 14.6. The molecule has 1 aromatic heterocycles. The number of halogens is 3. The maximum Gasteiger partial charge on any atom is 0.344 e. The van der Waals surface area contributed by atoms with Crippen LogP contribution in [0, 0.1) is 0 Å². The standard InChI is InChI=1S/C23H14F3N3O/c24-19(25)20(26)30-18-13-11-17(12-14-18)23-28-21(15-7-3-1-4-8-15)27-22(29-23)16-9-5-2-6-10-16/h1-14H. The Labute approximate surface area is 170 Å². The molecule has 4 aromatic rings. The zero-order chi connectivity index (χ0) is 20.9. The predicted octanol–water partition coefficient (Wildman–Crippen LogP) is 6.29. The summed E-state index contributed by atoms with van der Waals surface area (Å²) in [6, 6.07) is 22.9. The second kappa shape index (κ2) is 8.57. The second-order valence-electron chi connectivity index (χ2n) is 6.20. The molecule has 0 saturated heterocycles. The summed E-state index contributed by atoms with van der Waals surface area (Å²) in [7, 11) is 0. The highest BCUT2D eigenvalue weighted by molar-refractivity contribution is 5.66. The molecule has 7 heteroatoms. The Bertz CT molecular complexity index is 1120. The van der Waals surface area contributed by atoms with Crippen LogP contribution in [0.5, 0.6) is 5.75 Å². The quantitative estimate of drug-likeness (QED) is 0.366. The smallest absolute Gasteiger partial charge is 0.344 e. The van der Waals surface area contributed by atoms with E-state index in [1.54, 1.807) is 12.1 Å². The number of hydrogen-bond donors (Lipinski definition) is 0. The van der Waals surface area contributed by atoms with Crippen molar-refractivity contribution in [1.82, 2.24) is 15.0 Å². The number of aromatic nitrogens is 3. The van der Waals surface area contributed by atoms with E-state index < -0.39 is 12.1 Å². The van der Waals surface area contributed by atoms with Crippen LogP contribution in [0.15, 0.2) is 97.0 Å². The molecule has 0 atom stereocenters. The molecule has 30 heavy (non-hydrogen) atoms. The largest absolute Gasteiger partial charge is 0.428 e. The number of rotatable bonds is 5. The highest BCUT2D eigenvalue weighted by Gasteiger charge is 2.13. The van der Waals surface area contributed by atoms with E-state index in [0.717, 1.165) is 11.1 Å². The fourth-order valence-corrected chi connectivity index (χ4v) is 2.75. The average molecular weight is 405 g/mol. The van der Waals surface area contributed by atoms with Crippen LogP contribution in [-0.2, 0) is 0 Å². The molecule has 0 fully saturated rings. The van der Waals surface area contributed by atoms with Crippen LogP contribution in [0.25, 0.3) is 34.2 Å². The third-order valence-electron chi connectivity index (χ3n) is 4.17. The predicted molar refractivity (Wildman–Crippen MR) is 107 cm³/mol. The molecule has 4 nitrogen and oxygen atoms in total. The topological polar surface area (TPSA) is 47.9 Å². The van der Waals surface area contributed by atoms with Crippen molar-refractivity contribution in [3.8, 4) is 39.9 Å². The molecule has 0 unspecified atom stereocenters. The molecular weight excluding hydrogens is 391 g/mol. The lowest BCUT2D eigenvalue weighted by atomic mass is 10.1. The van der Waals surface area contributed by atoms with Gasteiger partial charge in [-0.15, -0.1) is 0 Å². The molecule has 0 aliphatic carbocycles. The van der Waals surface area contributed by atoms with Crippen molar-refractivity contribution in [3.05, 3.63) is 97.0 Å². The third-order valence-corrected chi connectivity index (χ3v) is 4.17. The van der Waals surface area contributed by atoms with E-state index in [2.05, 4.69) is 19.7 Å². The zero-order valence-corrected chi connectivity index (χ0v) is 15.5. The van der Waals surface area contributed by atoms with Crippen LogP contribution in [0.1, 0.15) is 0 Å². The van der Waals surface area contributed by atoms with Crippen molar-refractivity contribution in [2.45, 2.75) is 0 Å². The second-order valence-corrected chi connectivity index (χ2v) is 6.20. The van der Waals surface area contributed by atoms with Crippen LogP contribution in [-0.4, -0.2) is 15.0 Å². The van der Waals surface area contributed by atoms with E-state index in [1.807, 2.05) is 60.7 Å². The Kier molecular flexibility index (Phi) is 5.52. The molecule has 0 spiro atoms. The van der Waals surface area contributed by atoms with E-state index in [4.69, 9.17) is 0 Å². The van der Waals surface area contributed by atoms with Crippen LogP contribution < -0.4 is 4.74 Å². The molecule has 148 valence electrons. The van der Waals surface area contributed by atoms with E-state index in [-0.39, 0.29) is 5.75 Å². The Hall–Kier alpha value is -4.00. The molecule has 0 N–H and O–H groups in total. The van der Waals surface area contributed by atoms with Gasteiger partial charge in [0.25, 0.3) is 0 Å². The Morgan fingerprint density at radius 1 is 0.533 bits per heavy atom. The van der Waals surface area contributed by atoms with Gasteiger partial charge in [0.15, 0.2) is 17.5 Å². The fourth-order valence-electron chi connectivity index (χ4n) is 2.75. The van der Waals surface area contributed by atoms with E-state index in [0.29, 0.717) is 23.0 Å². The third kappa shape index (κ3) is 4.35. The lowest BCUT2D eigenvalue weighted by Crippen LogP contribution is -2.00. The van der Waals surface area contributed by atoms with Gasteiger partial charge in [0.2, 0.25) is 0 Å². The molecule has 3 aromatic carbocycles. The first-order valence-corrected chi connectivity index (χ1v) is 8.96. The van der Waals surface area contributed by atoms with Gasteiger partial charge in [0.1, 0.15) is 5.75 Å². The van der Waals surface area contributed by atoms with Gasteiger partial charge in [-0.25, -0.2) is 15.0 Å². The van der Waals surface area contributed by atoms with Crippen molar-refractivity contribution < 1.29 is 17.9 Å². The summed E-state index contributed by atoms with van der Waals surface area (Å²) in [5.41, 5.74) is 2.25. The van der Waals surface area contributed by atoms with Crippen molar-refractivity contribution in [2.75, 3.05) is 0 Å². The van der Waals surface area contributed by atoms with Crippen LogP contribution >= 0.6 is 0 Å². The minimum Gasteiger partial charge on any atom is -0.428 e. The summed E-state index contributed by atoms with van der Waals surface area (Å²) in [6.07, 6.45) is -2.52. The van der Waals surface area contributed by atoms with Gasteiger partial charge in [-0.05, 0) is 24.3 Å². The van der Waals surface area contributed by atoms with E-state index >= 15 is 0 Å². The molecule has 0 amide bonds. The SMILES string of the molecule is FC(F)=C(F)Oc1ccc(-c2nc(-c3ccccc3)nc(-c3ccccc3)n2)cc1. The van der Waals surface area contributed by atoms with Crippen molar-refractivity contribution in [2.24, 2.45) is 0 Å². The summed E-state index contributed by atoms with van der Waals surface area (Å²) < 4.78 is 41.9. The summed E-state index contributed by atoms with van der Waals surface area (Å²) in [5.74, 6) is 1.31. The molecule has 0 aliphatic heterocycles. The summed E-state index contributed by atoms with van der Waals surface area (Å²) in [4.78, 5) is 13.7. The van der Waals surface area contributed by atoms with E-state index in [9.17, 15) is 13.2 Å². The summed E-state index contributed by atoms with van der Waals surface area (Å²) >= 11 is 0. The number of nitrogens with zero attached hydrogens (tertiary/aromatic N) is 3. The average Bonchev–Trinajstić information content (AvgIpc) is 2.80. The maximum absolute atomic E-state index is 13.0. The van der Waals surface area contributed by atoms with Gasteiger partial charge in [0.05, 0.1) is 0 Å². The molecule has 0 radical (unpaired) electrons. The molecule has 4 rings (SSSR count). The minimum absolute atomic E-state index is 0.0651. The lowest BCUT2D eigenvalue weighted by Gasteiger charge is -2.09. The monoisotopic (exact) mass is 405 g/mol. The fraction of sp³-hybridized carbons (Fsp3) is 0. The Balaban J connectivity index is 1.76. The summed E-state index contributed by atoms with van der Waals surface area (Å²) in [6.45, 7) is 0. The van der Waals surface area contributed by atoms with Crippen LogP contribution in [0.4, 0.5) is 13.2 Å². The van der Waals surface area contributed by atoms with Crippen molar-refractivity contribution >= 4 is 0 Å². The van der Waals surface area contributed by atoms with Crippen molar-refractivity contribution in [3.63, 3.8) is 0 Å². The van der Waals surface area contributed by atoms with Gasteiger partial charge < -0.3 is 4.74 Å². The minimum atomic E-state index is -2.52. The number of hydrogen-bond acceptors (Lipinski definition) is 4. The van der Waals surface area contributed by atoms with Crippen LogP contribution in [0.3, 0.4) is 0 Å². The van der Waals surface area contributed by atoms with Gasteiger partial charge in [-0.2, -0.15) is 13.2 Å². The molecule has 0 saturated carbocycles. The Morgan fingerprint density at radius 2 is 0.933 bits per heavy atom. The summed E-state index contributed by atoms with van der Waals surface area (Å²) in [5, 5.41) is 0.